The molecular weight excluding hydrogens is 328 g/mol. The lowest BCUT2D eigenvalue weighted by atomic mass is 10.1. The summed E-state index contributed by atoms with van der Waals surface area (Å²) in [5, 5.41) is 0. The van der Waals surface area contributed by atoms with E-state index in [-0.39, 0.29) is 12.5 Å². The molecule has 26 heavy (non-hydrogen) atoms. The molecule has 5 nitrogen and oxygen atoms in total. The third-order valence-corrected chi connectivity index (χ3v) is 4.89. The number of methoxy groups -OCH3 is 1. The first-order chi connectivity index (χ1) is 12.6. The lowest BCUT2D eigenvalue weighted by Crippen LogP contribution is -2.50. The third kappa shape index (κ3) is 4.28. The maximum Gasteiger partial charge on any atom is 0.260 e. The monoisotopic (exact) mass is 354 g/mol. The van der Waals surface area contributed by atoms with E-state index < -0.39 is 0 Å². The van der Waals surface area contributed by atoms with E-state index >= 15 is 0 Å². The molecule has 1 amide bonds. The van der Waals surface area contributed by atoms with E-state index in [9.17, 15) is 4.79 Å². The second-order valence-corrected chi connectivity index (χ2v) is 6.60. The minimum Gasteiger partial charge on any atom is -0.497 e. The smallest absolute Gasteiger partial charge is 0.260 e. The molecule has 2 aromatic rings. The summed E-state index contributed by atoms with van der Waals surface area (Å²) in [5.41, 5.74) is 3.52. The van der Waals surface area contributed by atoms with Crippen LogP contribution in [0, 0.1) is 13.8 Å². The number of carbonyl (C=O) groups excluding carboxylic acids is 1. The van der Waals surface area contributed by atoms with E-state index in [1.807, 2.05) is 48.2 Å². The summed E-state index contributed by atoms with van der Waals surface area (Å²) in [6, 6.07) is 13.9. The van der Waals surface area contributed by atoms with Crippen LogP contribution in [0.3, 0.4) is 0 Å². The molecule has 2 aromatic carbocycles. The fourth-order valence-electron chi connectivity index (χ4n) is 3.06. The molecule has 1 fully saturated rings. The van der Waals surface area contributed by atoms with Gasteiger partial charge in [-0.2, -0.15) is 0 Å². The Morgan fingerprint density at radius 2 is 1.73 bits per heavy atom. The van der Waals surface area contributed by atoms with Gasteiger partial charge in [0, 0.05) is 37.9 Å². The number of hydrogen-bond acceptors (Lipinski definition) is 4. The number of piperazine rings is 1. The van der Waals surface area contributed by atoms with Crippen LogP contribution in [0.4, 0.5) is 5.69 Å². The molecule has 0 aliphatic carbocycles. The van der Waals surface area contributed by atoms with Gasteiger partial charge in [-0.15, -0.1) is 0 Å². The molecule has 0 saturated carbocycles. The Morgan fingerprint density at radius 3 is 2.42 bits per heavy atom. The van der Waals surface area contributed by atoms with Crippen molar-refractivity contribution in [1.82, 2.24) is 4.90 Å². The van der Waals surface area contributed by atoms with Gasteiger partial charge in [-0.05, 0) is 49.2 Å². The summed E-state index contributed by atoms with van der Waals surface area (Å²) >= 11 is 0. The maximum atomic E-state index is 12.4. The summed E-state index contributed by atoms with van der Waals surface area (Å²) < 4.78 is 11.0. The Bertz CT molecular complexity index is 768. The van der Waals surface area contributed by atoms with Gasteiger partial charge in [-0.3, -0.25) is 4.79 Å². The molecule has 0 radical (unpaired) electrons. The highest BCUT2D eigenvalue weighted by Gasteiger charge is 2.21. The molecule has 0 N–H and O–H groups in total. The van der Waals surface area contributed by atoms with E-state index in [2.05, 4.69) is 17.9 Å². The van der Waals surface area contributed by atoms with Gasteiger partial charge < -0.3 is 19.3 Å². The van der Waals surface area contributed by atoms with Crippen LogP contribution in [0.25, 0.3) is 0 Å². The SMILES string of the molecule is COc1cccc(N2CCN(C(=O)COc3ccc(C)c(C)c3)CC2)c1. The summed E-state index contributed by atoms with van der Waals surface area (Å²) in [5.74, 6) is 1.63. The van der Waals surface area contributed by atoms with E-state index in [0.717, 1.165) is 30.3 Å². The Morgan fingerprint density at radius 1 is 0.962 bits per heavy atom. The number of nitrogens with zero attached hydrogens (tertiary/aromatic N) is 2. The standard InChI is InChI=1S/C21H26N2O3/c1-16-7-8-20(13-17(16)2)26-15-21(24)23-11-9-22(10-12-23)18-5-4-6-19(14-18)25-3/h4-8,13-14H,9-12,15H2,1-3H3. The van der Waals surface area contributed by atoms with Gasteiger partial charge in [-0.1, -0.05) is 12.1 Å². The number of anilines is 1. The third-order valence-electron chi connectivity index (χ3n) is 4.89. The molecule has 1 heterocycles. The molecule has 1 aliphatic rings. The molecule has 5 heteroatoms. The normalized spacial score (nSPS) is 14.3. The Balaban J connectivity index is 1.50. The average Bonchev–Trinajstić information content (AvgIpc) is 2.69. The van der Waals surface area contributed by atoms with Crippen molar-refractivity contribution in [2.75, 3.05) is 44.8 Å². The second kappa shape index (κ2) is 8.13. The van der Waals surface area contributed by atoms with Crippen LogP contribution in [0.1, 0.15) is 11.1 Å². The average molecular weight is 354 g/mol. The maximum absolute atomic E-state index is 12.4. The first-order valence-corrected chi connectivity index (χ1v) is 8.93. The molecule has 0 spiro atoms. The van der Waals surface area contributed by atoms with Crippen LogP contribution in [-0.2, 0) is 4.79 Å². The second-order valence-electron chi connectivity index (χ2n) is 6.60. The summed E-state index contributed by atoms with van der Waals surface area (Å²) in [6.07, 6.45) is 0. The number of hydrogen-bond donors (Lipinski definition) is 0. The minimum absolute atomic E-state index is 0.0357. The summed E-state index contributed by atoms with van der Waals surface area (Å²) in [7, 11) is 1.67. The summed E-state index contributed by atoms with van der Waals surface area (Å²) in [4.78, 5) is 16.6. The largest absolute Gasteiger partial charge is 0.497 e. The molecule has 1 saturated heterocycles. The van der Waals surface area contributed by atoms with Crippen LogP contribution in [0.15, 0.2) is 42.5 Å². The van der Waals surface area contributed by atoms with Crippen molar-refractivity contribution in [1.29, 1.82) is 0 Å². The van der Waals surface area contributed by atoms with E-state index in [0.29, 0.717) is 13.1 Å². The Kier molecular flexibility index (Phi) is 5.66. The topological polar surface area (TPSA) is 42.0 Å². The van der Waals surface area contributed by atoms with Crippen LogP contribution >= 0.6 is 0 Å². The number of ether oxygens (including phenoxy) is 2. The number of amides is 1. The highest BCUT2D eigenvalue weighted by atomic mass is 16.5. The number of rotatable bonds is 5. The van der Waals surface area contributed by atoms with Gasteiger partial charge in [0.05, 0.1) is 7.11 Å². The lowest BCUT2D eigenvalue weighted by molar-refractivity contribution is -0.133. The predicted molar refractivity (Wildman–Crippen MR) is 103 cm³/mol. The zero-order valence-electron chi connectivity index (χ0n) is 15.7. The van der Waals surface area contributed by atoms with Crippen LogP contribution in [-0.4, -0.2) is 50.7 Å². The first kappa shape index (κ1) is 18.1. The molecule has 1 aliphatic heterocycles. The van der Waals surface area contributed by atoms with Gasteiger partial charge in [0.1, 0.15) is 11.5 Å². The van der Waals surface area contributed by atoms with Crippen molar-refractivity contribution in [3.8, 4) is 11.5 Å². The van der Waals surface area contributed by atoms with Crippen LogP contribution < -0.4 is 14.4 Å². The first-order valence-electron chi connectivity index (χ1n) is 8.93. The number of carbonyl (C=O) groups is 1. The Labute approximate surface area is 155 Å². The van der Waals surface area contributed by atoms with Gasteiger partial charge >= 0.3 is 0 Å². The fourth-order valence-corrected chi connectivity index (χ4v) is 3.06. The number of benzene rings is 2. The van der Waals surface area contributed by atoms with Crippen molar-refractivity contribution in [2.45, 2.75) is 13.8 Å². The molecule has 3 rings (SSSR count). The molecule has 138 valence electrons. The van der Waals surface area contributed by atoms with Crippen molar-refractivity contribution in [2.24, 2.45) is 0 Å². The van der Waals surface area contributed by atoms with Gasteiger partial charge in [0.25, 0.3) is 5.91 Å². The quantitative estimate of drug-likeness (QED) is 0.828. The predicted octanol–water partition coefficient (Wildman–Crippen LogP) is 3.04. The highest BCUT2D eigenvalue weighted by Crippen LogP contribution is 2.22. The van der Waals surface area contributed by atoms with E-state index in [4.69, 9.17) is 9.47 Å². The van der Waals surface area contributed by atoms with Gasteiger partial charge in [0.15, 0.2) is 6.61 Å². The fraction of sp³-hybridized carbons (Fsp3) is 0.381. The van der Waals surface area contributed by atoms with E-state index in [1.165, 1.54) is 11.1 Å². The zero-order valence-corrected chi connectivity index (χ0v) is 15.7. The number of aryl methyl sites for hydroxylation is 2. The minimum atomic E-state index is 0.0357. The zero-order chi connectivity index (χ0) is 18.5. The van der Waals surface area contributed by atoms with Gasteiger partial charge in [0.2, 0.25) is 0 Å². The molecule has 0 unspecified atom stereocenters. The van der Waals surface area contributed by atoms with Crippen LogP contribution in [0.5, 0.6) is 11.5 Å². The lowest BCUT2D eigenvalue weighted by Gasteiger charge is -2.36. The summed E-state index contributed by atoms with van der Waals surface area (Å²) in [6.45, 7) is 7.21. The van der Waals surface area contributed by atoms with Crippen LogP contribution in [0.2, 0.25) is 0 Å². The molecular formula is C21H26N2O3. The highest BCUT2D eigenvalue weighted by molar-refractivity contribution is 5.78. The van der Waals surface area contributed by atoms with Gasteiger partial charge in [-0.25, -0.2) is 0 Å². The van der Waals surface area contributed by atoms with E-state index in [1.54, 1.807) is 7.11 Å². The molecule has 0 aromatic heterocycles. The van der Waals surface area contributed by atoms with Crippen molar-refractivity contribution in [3.05, 3.63) is 53.6 Å². The van der Waals surface area contributed by atoms with Crippen molar-refractivity contribution >= 4 is 11.6 Å². The molecule has 0 atom stereocenters. The molecule has 0 bridgehead atoms. The van der Waals surface area contributed by atoms with Crippen molar-refractivity contribution < 1.29 is 14.3 Å². The van der Waals surface area contributed by atoms with Crippen molar-refractivity contribution in [3.63, 3.8) is 0 Å². The Hall–Kier alpha value is -2.69.